The largest absolute Gasteiger partial charge is 0.481 e. The summed E-state index contributed by atoms with van der Waals surface area (Å²) in [5, 5.41) is 12.1. The van der Waals surface area contributed by atoms with E-state index in [9.17, 15) is 14.7 Å². The van der Waals surface area contributed by atoms with Crippen LogP contribution in [-0.2, 0) is 9.59 Å². The van der Waals surface area contributed by atoms with Crippen molar-refractivity contribution in [3.05, 3.63) is 12.2 Å². The Kier molecular flexibility index (Phi) is 4.32. The molecule has 1 saturated carbocycles. The number of rotatable bonds is 6. The molecule has 0 aromatic carbocycles. The third kappa shape index (κ3) is 2.55. The van der Waals surface area contributed by atoms with E-state index in [1.807, 2.05) is 18.4 Å². The van der Waals surface area contributed by atoms with Gasteiger partial charge in [0.15, 0.2) is 0 Å². The molecule has 2 aliphatic carbocycles. The zero-order valence-corrected chi connectivity index (χ0v) is 11.3. The van der Waals surface area contributed by atoms with Gasteiger partial charge in [0.25, 0.3) is 0 Å². The minimum atomic E-state index is -0.837. The van der Waals surface area contributed by atoms with Gasteiger partial charge in [0, 0.05) is 6.54 Å². The lowest BCUT2D eigenvalue weighted by atomic mass is 9.82. The second-order valence-electron chi connectivity index (χ2n) is 4.98. The van der Waals surface area contributed by atoms with Crippen LogP contribution in [0.25, 0.3) is 0 Å². The van der Waals surface area contributed by atoms with Crippen molar-refractivity contribution in [2.75, 3.05) is 18.6 Å². The predicted octanol–water partition coefficient (Wildman–Crippen LogP) is 1.38. The summed E-state index contributed by atoms with van der Waals surface area (Å²) in [6.07, 6.45) is 7.75. The van der Waals surface area contributed by atoms with E-state index < -0.39 is 11.9 Å². The number of hydrogen-bond acceptors (Lipinski definition) is 3. The lowest BCUT2D eigenvalue weighted by molar-refractivity contribution is -0.147. The van der Waals surface area contributed by atoms with Crippen molar-refractivity contribution in [1.29, 1.82) is 0 Å². The first-order chi connectivity index (χ1) is 8.65. The van der Waals surface area contributed by atoms with Crippen LogP contribution in [0.3, 0.4) is 0 Å². The number of fused-ring (bicyclic) bond motifs is 2. The standard InChI is InChI=1S/C13H19NO3S/c1-18-6-2-5-14-12(15)10-8-3-4-9(7-8)11(10)13(16)17/h3-4,8-11H,2,5-7H2,1H3,(H,14,15)(H,16,17)/t8?,9?,10-,11+/m0/s1. The summed E-state index contributed by atoms with van der Waals surface area (Å²) in [4.78, 5) is 23.4. The molecule has 2 aliphatic rings. The Morgan fingerprint density at radius 3 is 2.61 bits per heavy atom. The summed E-state index contributed by atoms with van der Waals surface area (Å²) in [5.74, 6) is -0.630. The maximum Gasteiger partial charge on any atom is 0.307 e. The summed E-state index contributed by atoms with van der Waals surface area (Å²) < 4.78 is 0. The SMILES string of the molecule is CSCCCNC(=O)[C@H]1C2C=CC(C2)[C@H]1C(=O)O. The predicted molar refractivity (Wildman–Crippen MR) is 71.4 cm³/mol. The van der Waals surface area contributed by atoms with Gasteiger partial charge in [0.1, 0.15) is 0 Å². The second kappa shape index (κ2) is 5.78. The van der Waals surface area contributed by atoms with Crippen molar-refractivity contribution in [1.82, 2.24) is 5.32 Å². The fourth-order valence-corrected chi connectivity index (χ4v) is 3.50. The number of thioether (sulfide) groups is 1. The number of hydrogen-bond donors (Lipinski definition) is 2. The molecule has 0 heterocycles. The summed E-state index contributed by atoms with van der Waals surface area (Å²) in [5.41, 5.74) is 0. The van der Waals surface area contributed by atoms with E-state index >= 15 is 0 Å². The molecule has 0 aromatic heterocycles. The van der Waals surface area contributed by atoms with Crippen molar-refractivity contribution in [2.24, 2.45) is 23.7 Å². The van der Waals surface area contributed by atoms with Gasteiger partial charge in [-0.15, -0.1) is 0 Å². The van der Waals surface area contributed by atoms with Crippen LogP contribution < -0.4 is 5.32 Å². The maximum absolute atomic E-state index is 12.1. The van der Waals surface area contributed by atoms with Crippen molar-refractivity contribution < 1.29 is 14.7 Å². The molecule has 4 nitrogen and oxygen atoms in total. The molecule has 0 spiro atoms. The topological polar surface area (TPSA) is 66.4 Å². The number of allylic oxidation sites excluding steroid dienone is 2. The first-order valence-corrected chi connectivity index (χ1v) is 7.72. The fraction of sp³-hybridized carbons (Fsp3) is 0.692. The molecule has 18 heavy (non-hydrogen) atoms. The Morgan fingerprint density at radius 2 is 2.00 bits per heavy atom. The van der Waals surface area contributed by atoms with Gasteiger partial charge in [-0.2, -0.15) is 11.8 Å². The van der Waals surface area contributed by atoms with Crippen LogP contribution in [0, 0.1) is 23.7 Å². The van der Waals surface area contributed by atoms with Crippen LogP contribution in [0.2, 0.25) is 0 Å². The van der Waals surface area contributed by atoms with Crippen LogP contribution >= 0.6 is 11.8 Å². The molecule has 1 amide bonds. The molecule has 2 N–H and O–H groups in total. The molecule has 0 aromatic rings. The molecule has 4 atom stereocenters. The van der Waals surface area contributed by atoms with Crippen LogP contribution in [-0.4, -0.2) is 35.5 Å². The van der Waals surface area contributed by atoms with Crippen LogP contribution in [0.15, 0.2) is 12.2 Å². The molecule has 0 saturated heterocycles. The van der Waals surface area contributed by atoms with Gasteiger partial charge in [-0.3, -0.25) is 9.59 Å². The van der Waals surface area contributed by atoms with Crippen molar-refractivity contribution in [2.45, 2.75) is 12.8 Å². The number of aliphatic carboxylic acids is 1. The molecule has 2 unspecified atom stereocenters. The van der Waals surface area contributed by atoms with E-state index in [2.05, 4.69) is 5.32 Å². The minimum absolute atomic E-state index is 0.0504. The number of carbonyl (C=O) groups excluding carboxylic acids is 1. The average Bonchev–Trinajstić information content (AvgIpc) is 2.94. The van der Waals surface area contributed by atoms with Crippen molar-refractivity contribution in [3.8, 4) is 0 Å². The van der Waals surface area contributed by atoms with Gasteiger partial charge >= 0.3 is 5.97 Å². The molecular weight excluding hydrogens is 250 g/mol. The van der Waals surface area contributed by atoms with Gasteiger partial charge in [-0.05, 0) is 36.7 Å². The van der Waals surface area contributed by atoms with Gasteiger partial charge in [0.05, 0.1) is 11.8 Å². The summed E-state index contributed by atoms with van der Waals surface area (Å²) in [7, 11) is 0. The highest BCUT2D eigenvalue weighted by atomic mass is 32.2. The van der Waals surface area contributed by atoms with Gasteiger partial charge < -0.3 is 10.4 Å². The third-order valence-corrected chi connectivity index (χ3v) is 4.57. The maximum atomic E-state index is 12.1. The second-order valence-corrected chi connectivity index (χ2v) is 5.96. The van der Waals surface area contributed by atoms with Crippen LogP contribution in [0.5, 0.6) is 0 Å². The Hall–Kier alpha value is -0.970. The highest BCUT2D eigenvalue weighted by molar-refractivity contribution is 7.98. The smallest absolute Gasteiger partial charge is 0.307 e. The van der Waals surface area contributed by atoms with Crippen LogP contribution in [0.1, 0.15) is 12.8 Å². The van der Waals surface area contributed by atoms with Crippen molar-refractivity contribution in [3.63, 3.8) is 0 Å². The Balaban J connectivity index is 1.92. The lowest BCUT2D eigenvalue weighted by Gasteiger charge is -2.23. The molecule has 2 rings (SSSR count). The molecule has 5 heteroatoms. The van der Waals surface area contributed by atoms with E-state index in [1.165, 1.54) is 0 Å². The Bertz CT molecular complexity index is 369. The lowest BCUT2D eigenvalue weighted by Crippen LogP contribution is -2.40. The fourth-order valence-electron chi connectivity index (χ4n) is 3.06. The quantitative estimate of drug-likeness (QED) is 0.565. The monoisotopic (exact) mass is 269 g/mol. The number of carbonyl (C=O) groups is 2. The average molecular weight is 269 g/mol. The number of carboxylic acids is 1. The van der Waals surface area contributed by atoms with E-state index in [1.54, 1.807) is 11.8 Å². The zero-order valence-electron chi connectivity index (χ0n) is 10.5. The van der Waals surface area contributed by atoms with Gasteiger partial charge in [-0.1, -0.05) is 12.2 Å². The molecule has 100 valence electrons. The van der Waals surface area contributed by atoms with E-state index in [-0.39, 0.29) is 23.7 Å². The normalized spacial score (nSPS) is 32.7. The molecular formula is C13H19NO3S. The summed E-state index contributed by atoms with van der Waals surface area (Å²) in [6.45, 7) is 0.642. The van der Waals surface area contributed by atoms with E-state index in [4.69, 9.17) is 0 Å². The first kappa shape index (κ1) is 13.5. The van der Waals surface area contributed by atoms with Crippen LogP contribution in [0.4, 0.5) is 0 Å². The van der Waals surface area contributed by atoms with Crippen molar-refractivity contribution >= 4 is 23.6 Å². The zero-order chi connectivity index (χ0) is 13.1. The summed E-state index contributed by atoms with van der Waals surface area (Å²) in [6, 6.07) is 0. The minimum Gasteiger partial charge on any atom is -0.481 e. The first-order valence-electron chi connectivity index (χ1n) is 6.33. The number of amides is 1. The highest BCUT2D eigenvalue weighted by Gasteiger charge is 2.51. The van der Waals surface area contributed by atoms with E-state index in [0.717, 1.165) is 18.6 Å². The highest BCUT2D eigenvalue weighted by Crippen LogP contribution is 2.48. The number of carboxylic acid groups (broad SMARTS) is 1. The van der Waals surface area contributed by atoms with E-state index in [0.29, 0.717) is 6.54 Å². The molecule has 2 bridgehead atoms. The molecule has 0 aliphatic heterocycles. The number of nitrogens with one attached hydrogen (secondary N) is 1. The Labute approximate surface area is 111 Å². The molecule has 1 fully saturated rings. The summed E-state index contributed by atoms with van der Waals surface area (Å²) >= 11 is 1.75. The van der Waals surface area contributed by atoms with Gasteiger partial charge in [-0.25, -0.2) is 0 Å². The Morgan fingerprint density at radius 1 is 1.33 bits per heavy atom. The molecule has 0 radical (unpaired) electrons. The third-order valence-electron chi connectivity index (χ3n) is 3.87. The van der Waals surface area contributed by atoms with Gasteiger partial charge in [0.2, 0.25) is 5.91 Å².